The van der Waals surface area contributed by atoms with Crippen molar-refractivity contribution in [1.29, 1.82) is 5.26 Å². The highest BCUT2D eigenvalue weighted by Gasteiger charge is 2.26. The molecule has 0 aliphatic carbocycles. The van der Waals surface area contributed by atoms with E-state index in [4.69, 9.17) is 10.5 Å². The van der Waals surface area contributed by atoms with E-state index in [1.54, 1.807) is 12.1 Å². The van der Waals surface area contributed by atoms with E-state index in [0.717, 1.165) is 5.00 Å². The van der Waals surface area contributed by atoms with Crippen molar-refractivity contribution < 1.29 is 14.6 Å². The fraction of sp³-hybridized carbons (Fsp3) is 0.250. The van der Waals surface area contributed by atoms with E-state index in [9.17, 15) is 15.2 Å². The van der Waals surface area contributed by atoms with Crippen molar-refractivity contribution in [3.63, 3.8) is 0 Å². The number of hydrogen-bond donors (Lipinski definition) is 2. The Bertz CT molecular complexity index is 788. The molecule has 1 aromatic heterocycles. The van der Waals surface area contributed by atoms with E-state index in [1.165, 1.54) is 23.5 Å². The Morgan fingerprint density at radius 3 is 2.74 bits per heavy atom. The SMILES string of the molecule is N#Cc1c(N2CCOCC2)sc(C(N)=O)c1-c1cccc(O)c1. The molecule has 7 heteroatoms. The molecule has 0 radical (unpaired) electrons. The number of ether oxygens (including phenoxy) is 1. The highest BCUT2D eigenvalue weighted by molar-refractivity contribution is 7.18. The molecule has 1 fully saturated rings. The summed E-state index contributed by atoms with van der Waals surface area (Å²) in [6, 6.07) is 8.67. The van der Waals surface area contributed by atoms with E-state index in [1.807, 2.05) is 4.90 Å². The maximum absolute atomic E-state index is 11.9. The minimum Gasteiger partial charge on any atom is -0.508 e. The monoisotopic (exact) mass is 329 g/mol. The van der Waals surface area contributed by atoms with Gasteiger partial charge in [-0.05, 0) is 17.7 Å². The van der Waals surface area contributed by atoms with Crippen LogP contribution in [0.5, 0.6) is 5.75 Å². The molecule has 1 amide bonds. The van der Waals surface area contributed by atoms with Crippen molar-refractivity contribution in [1.82, 2.24) is 0 Å². The number of phenols is 1. The summed E-state index contributed by atoms with van der Waals surface area (Å²) < 4.78 is 5.33. The summed E-state index contributed by atoms with van der Waals surface area (Å²) in [5.74, 6) is -0.509. The molecule has 0 bridgehead atoms. The van der Waals surface area contributed by atoms with Gasteiger partial charge >= 0.3 is 0 Å². The third-order valence-electron chi connectivity index (χ3n) is 3.66. The van der Waals surface area contributed by atoms with Crippen LogP contribution in [0.2, 0.25) is 0 Å². The quantitative estimate of drug-likeness (QED) is 0.896. The number of benzene rings is 1. The number of aromatic hydroxyl groups is 1. The van der Waals surface area contributed by atoms with Gasteiger partial charge in [-0.3, -0.25) is 4.79 Å². The highest BCUT2D eigenvalue weighted by atomic mass is 32.1. The molecule has 6 nitrogen and oxygen atoms in total. The molecule has 2 heterocycles. The number of thiophene rings is 1. The van der Waals surface area contributed by atoms with Gasteiger partial charge in [-0.15, -0.1) is 11.3 Å². The lowest BCUT2D eigenvalue weighted by Gasteiger charge is -2.27. The molecule has 2 aromatic rings. The van der Waals surface area contributed by atoms with Crippen LogP contribution in [0.15, 0.2) is 24.3 Å². The fourth-order valence-electron chi connectivity index (χ4n) is 2.62. The van der Waals surface area contributed by atoms with Gasteiger partial charge in [-0.1, -0.05) is 12.1 Å². The molecular formula is C16H15N3O3S. The summed E-state index contributed by atoms with van der Waals surface area (Å²) in [6.45, 7) is 2.48. The van der Waals surface area contributed by atoms with Gasteiger partial charge in [0.25, 0.3) is 5.91 Å². The van der Waals surface area contributed by atoms with E-state index < -0.39 is 5.91 Å². The number of nitriles is 1. The standard InChI is InChI=1S/C16H15N3O3S/c17-9-12-13(10-2-1-3-11(20)8-10)14(15(18)21)23-16(12)19-4-6-22-7-5-19/h1-3,8,20H,4-7H2,(H2,18,21). The van der Waals surface area contributed by atoms with Gasteiger partial charge in [-0.2, -0.15) is 5.26 Å². The summed E-state index contributed by atoms with van der Waals surface area (Å²) in [7, 11) is 0. The van der Waals surface area contributed by atoms with Crippen molar-refractivity contribution in [3.05, 3.63) is 34.7 Å². The number of primary amides is 1. The molecule has 1 saturated heterocycles. The second kappa shape index (κ2) is 6.28. The number of rotatable bonds is 3. The number of carbonyl (C=O) groups is 1. The van der Waals surface area contributed by atoms with Crippen molar-refractivity contribution in [2.45, 2.75) is 0 Å². The zero-order chi connectivity index (χ0) is 16.4. The number of morpholine rings is 1. The van der Waals surface area contributed by atoms with Gasteiger partial charge in [-0.25, -0.2) is 0 Å². The molecule has 0 unspecified atom stereocenters. The Kier molecular flexibility index (Phi) is 4.19. The van der Waals surface area contributed by atoms with Crippen LogP contribution in [0, 0.1) is 11.3 Å². The first-order chi connectivity index (χ1) is 11.1. The summed E-state index contributed by atoms with van der Waals surface area (Å²) in [5, 5.41) is 20.1. The topological polar surface area (TPSA) is 99.6 Å². The predicted octanol–water partition coefficient (Wildman–Crippen LogP) is 1.93. The second-order valence-electron chi connectivity index (χ2n) is 5.11. The van der Waals surface area contributed by atoms with Crippen LogP contribution in [0.25, 0.3) is 11.1 Å². The molecular weight excluding hydrogens is 314 g/mol. The number of nitrogens with zero attached hydrogens (tertiary/aromatic N) is 2. The van der Waals surface area contributed by atoms with Gasteiger partial charge in [0.1, 0.15) is 21.7 Å². The van der Waals surface area contributed by atoms with Crippen LogP contribution < -0.4 is 10.6 Å². The fourth-order valence-corrected chi connectivity index (χ4v) is 3.80. The van der Waals surface area contributed by atoms with Crippen LogP contribution in [0.4, 0.5) is 5.00 Å². The molecule has 0 spiro atoms. The minimum absolute atomic E-state index is 0.0703. The average Bonchev–Trinajstić information content (AvgIpc) is 2.95. The first kappa shape index (κ1) is 15.3. The Labute approximate surface area is 137 Å². The summed E-state index contributed by atoms with van der Waals surface area (Å²) >= 11 is 1.22. The number of hydrogen-bond acceptors (Lipinski definition) is 6. The summed E-state index contributed by atoms with van der Waals surface area (Å²) in [6.07, 6.45) is 0. The predicted molar refractivity (Wildman–Crippen MR) is 87.7 cm³/mol. The van der Waals surface area contributed by atoms with Crippen LogP contribution in [-0.2, 0) is 4.74 Å². The van der Waals surface area contributed by atoms with Gasteiger partial charge < -0.3 is 20.5 Å². The minimum atomic E-state index is -0.579. The molecule has 118 valence electrons. The zero-order valence-electron chi connectivity index (χ0n) is 12.3. The Morgan fingerprint density at radius 1 is 1.39 bits per heavy atom. The second-order valence-corrected chi connectivity index (χ2v) is 6.11. The third kappa shape index (κ3) is 2.86. The van der Waals surface area contributed by atoms with E-state index in [0.29, 0.717) is 47.9 Å². The van der Waals surface area contributed by atoms with Gasteiger partial charge in [0, 0.05) is 18.7 Å². The van der Waals surface area contributed by atoms with Crippen molar-refractivity contribution in [2.24, 2.45) is 5.73 Å². The number of nitrogens with two attached hydrogens (primary N) is 1. The van der Waals surface area contributed by atoms with E-state index in [-0.39, 0.29) is 5.75 Å². The van der Waals surface area contributed by atoms with Crippen molar-refractivity contribution in [2.75, 3.05) is 31.2 Å². The molecule has 23 heavy (non-hydrogen) atoms. The van der Waals surface area contributed by atoms with Gasteiger partial charge in [0.2, 0.25) is 0 Å². The van der Waals surface area contributed by atoms with Crippen molar-refractivity contribution in [3.8, 4) is 22.9 Å². The summed E-state index contributed by atoms with van der Waals surface area (Å²) in [5.41, 5.74) is 7.02. The third-order valence-corrected chi connectivity index (χ3v) is 4.92. The normalized spacial score (nSPS) is 14.5. The Hall–Kier alpha value is -2.56. The summed E-state index contributed by atoms with van der Waals surface area (Å²) in [4.78, 5) is 14.2. The molecule has 3 rings (SSSR count). The molecule has 0 atom stereocenters. The first-order valence-electron chi connectivity index (χ1n) is 7.10. The Morgan fingerprint density at radius 2 is 2.13 bits per heavy atom. The Balaban J connectivity index is 2.19. The maximum atomic E-state index is 11.9. The largest absolute Gasteiger partial charge is 0.508 e. The lowest BCUT2D eigenvalue weighted by Crippen LogP contribution is -2.36. The van der Waals surface area contributed by atoms with Crippen LogP contribution in [0.1, 0.15) is 15.2 Å². The van der Waals surface area contributed by atoms with E-state index in [2.05, 4.69) is 6.07 Å². The average molecular weight is 329 g/mol. The number of amides is 1. The number of carbonyl (C=O) groups excluding carboxylic acids is 1. The first-order valence-corrected chi connectivity index (χ1v) is 7.92. The van der Waals surface area contributed by atoms with Crippen molar-refractivity contribution >= 4 is 22.2 Å². The smallest absolute Gasteiger partial charge is 0.259 e. The molecule has 1 aliphatic rings. The lowest BCUT2D eigenvalue weighted by molar-refractivity contribution is 0.100. The van der Waals surface area contributed by atoms with Crippen LogP contribution >= 0.6 is 11.3 Å². The number of anilines is 1. The van der Waals surface area contributed by atoms with Gasteiger partial charge in [0.15, 0.2) is 0 Å². The maximum Gasteiger partial charge on any atom is 0.259 e. The molecule has 1 aliphatic heterocycles. The molecule has 1 aromatic carbocycles. The number of phenolic OH excluding ortho intramolecular Hbond substituents is 1. The highest BCUT2D eigenvalue weighted by Crippen LogP contribution is 2.42. The van der Waals surface area contributed by atoms with E-state index >= 15 is 0 Å². The molecule has 3 N–H and O–H groups in total. The van der Waals surface area contributed by atoms with Crippen LogP contribution in [0.3, 0.4) is 0 Å². The van der Waals surface area contributed by atoms with Crippen LogP contribution in [-0.4, -0.2) is 37.3 Å². The van der Waals surface area contributed by atoms with Gasteiger partial charge in [0.05, 0.1) is 18.8 Å². The lowest BCUT2D eigenvalue weighted by atomic mass is 10.0. The zero-order valence-corrected chi connectivity index (χ0v) is 13.1. The molecule has 0 saturated carbocycles.